The highest BCUT2D eigenvalue weighted by molar-refractivity contribution is 5.44. The second kappa shape index (κ2) is 5.71. The predicted molar refractivity (Wildman–Crippen MR) is 63.0 cm³/mol. The number of hydrogen-bond acceptors (Lipinski definition) is 3. The van der Waals surface area contributed by atoms with Crippen molar-refractivity contribution in [1.82, 2.24) is 4.98 Å². The van der Waals surface area contributed by atoms with Gasteiger partial charge in [-0.1, -0.05) is 6.92 Å². The van der Waals surface area contributed by atoms with Crippen molar-refractivity contribution in [1.29, 1.82) is 0 Å². The van der Waals surface area contributed by atoms with Crippen molar-refractivity contribution in [3.63, 3.8) is 0 Å². The zero-order chi connectivity index (χ0) is 11.3. The van der Waals surface area contributed by atoms with E-state index in [2.05, 4.69) is 23.7 Å². The highest BCUT2D eigenvalue weighted by atomic mass is 16.3. The highest BCUT2D eigenvalue weighted by Gasteiger charge is 2.05. The van der Waals surface area contributed by atoms with Crippen LogP contribution >= 0.6 is 0 Å². The highest BCUT2D eigenvalue weighted by Crippen LogP contribution is 2.16. The van der Waals surface area contributed by atoms with Crippen LogP contribution in [0.2, 0.25) is 0 Å². The third-order valence-electron chi connectivity index (χ3n) is 2.44. The van der Waals surface area contributed by atoms with Gasteiger partial charge in [0.1, 0.15) is 0 Å². The van der Waals surface area contributed by atoms with Gasteiger partial charge in [0.15, 0.2) is 0 Å². The molecule has 0 bridgehead atoms. The van der Waals surface area contributed by atoms with E-state index in [-0.39, 0.29) is 0 Å². The Labute approximate surface area is 91.8 Å². The molecule has 1 aromatic heterocycles. The topological polar surface area (TPSA) is 36.4 Å². The molecule has 1 unspecified atom stereocenters. The Morgan fingerprint density at radius 3 is 2.53 bits per heavy atom. The summed E-state index contributed by atoms with van der Waals surface area (Å²) in [5.74, 6) is 0. The number of rotatable bonds is 5. The van der Waals surface area contributed by atoms with Crippen LogP contribution in [0.4, 0.5) is 5.69 Å². The Kier molecular flexibility index (Phi) is 4.56. The molecular weight excluding hydrogens is 188 g/mol. The molecule has 0 fully saturated rings. The standard InChI is InChI=1S/C12H20N2O/c1-4-8-14(5-2)11-6-7-12(10(3)15)13-9-11/h6-7,9-10,15H,4-5,8H2,1-3H3. The summed E-state index contributed by atoms with van der Waals surface area (Å²) < 4.78 is 0. The smallest absolute Gasteiger partial charge is 0.0931 e. The molecule has 1 N–H and O–H groups in total. The van der Waals surface area contributed by atoms with E-state index in [0.717, 1.165) is 30.9 Å². The lowest BCUT2D eigenvalue weighted by Gasteiger charge is -2.22. The zero-order valence-electron chi connectivity index (χ0n) is 9.77. The minimum atomic E-state index is -0.486. The van der Waals surface area contributed by atoms with E-state index in [0.29, 0.717) is 0 Å². The van der Waals surface area contributed by atoms with E-state index in [1.807, 2.05) is 18.3 Å². The Bertz CT molecular complexity index is 282. The van der Waals surface area contributed by atoms with Crippen molar-refractivity contribution in [2.24, 2.45) is 0 Å². The Hall–Kier alpha value is -1.09. The first kappa shape index (κ1) is 12.0. The number of nitrogens with zero attached hydrogens (tertiary/aromatic N) is 2. The molecule has 0 radical (unpaired) electrons. The van der Waals surface area contributed by atoms with E-state index in [1.54, 1.807) is 6.92 Å². The van der Waals surface area contributed by atoms with Crippen LogP contribution < -0.4 is 4.90 Å². The molecule has 3 heteroatoms. The molecule has 84 valence electrons. The minimum Gasteiger partial charge on any atom is -0.387 e. The molecule has 1 rings (SSSR count). The lowest BCUT2D eigenvalue weighted by Crippen LogP contribution is -2.23. The van der Waals surface area contributed by atoms with Crippen LogP contribution in [-0.4, -0.2) is 23.2 Å². The quantitative estimate of drug-likeness (QED) is 0.807. The number of anilines is 1. The second-order valence-corrected chi connectivity index (χ2v) is 3.70. The van der Waals surface area contributed by atoms with Gasteiger partial charge in [-0.25, -0.2) is 0 Å². The van der Waals surface area contributed by atoms with Gasteiger partial charge >= 0.3 is 0 Å². The van der Waals surface area contributed by atoms with Crippen LogP contribution in [0.15, 0.2) is 18.3 Å². The molecule has 3 nitrogen and oxygen atoms in total. The monoisotopic (exact) mass is 208 g/mol. The van der Waals surface area contributed by atoms with E-state index >= 15 is 0 Å². The Morgan fingerprint density at radius 2 is 2.13 bits per heavy atom. The van der Waals surface area contributed by atoms with Crippen LogP contribution in [0.3, 0.4) is 0 Å². The second-order valence-electron chi connectivity index (χ2n) is 3.70. The lowest BCUT2D eigenvalue weighted by molar-refractivity contribution is 0.194. The van der Waals surface area contributed by atoms with Crippen molar-refractivity contribution in [2.75, 3.05) is 18.0 Å². The molecular formula is C12H20N2O. The average molecular weight is 208 g/mol. The summed E-state index contributed by atoms with van der Waals surface area (Å²) >= 11 is 0. The number of aliphatic hydroxyl groups excluding tert-OH is 1. The van der Waals surface area contributed by atoms with Gasteiger partial charge in [0.05, 0.1) is 23.7 Å². The molecule has 1 aromatic rings. The summed E-state index contributed by atoms with van der Waals surface area (Å²) in [5.41, 5.74) is 1.86. The molecule has 0 amide bonds. The molecule has 0 aliphatic heterocycles. The van der Waals surface area contributed by atoms with Gasteiger partial charge in [0.25, 0.3) is 0 Å². The van der Waals surface area contributed by atoms with Crippen molar-refractivity contribution < 1.29 is 5.11 Å². The fourth-order valence-corrected chi connectivity index (χ4v) is 1.57. The Morgan fingerprint density at radius 1 is 1.40 bits per heavy atom. The van der Waals surface area contributed by atoms with Crippen LogP contribution in [0.25, 0.3) is 0 Å². The lowest BCUT2D eigenvalue weighted by atomic mass is 10.2. The normalized spacial score (nSPS) is 12.5. The van der Waals surface area contributed by atoms with Gasteiger partial charge in [-0.3, -0.25) is 4.98 Å². The molecule has 0 aromatic carbocycles. The Balaban J connectivity index is 2.77. The predicted octanol–water partition coefficient (Wildman–Crippen LogP) is 2.37. The van der Waals surface area contributed by atoms with Crippen LogP contribution in [0.5, 0.6) is 0 Å². The number of pyridine rings is 1. The largest absolute Gasteiger partial charge is 0.387 e. The molecule has 15 heavy (non-hydrogen) atoms. The fourth-order valence-electron chi connectivity index (χ4n) is 1.57. The molecule has 0 aliphatic carbocycles. The third kappa shape index (κ3) is 3.20. The molecule has 0 spiro atoms. The zero-order valence-corrected chi connectivity index (χ0v) is 9.77. The third-order valence-corrected chi connectivity index (χ3v) is 2.44. The minimum absolute atomic E-state index is 0.486. The van der Waals surface area contributed by atoms with Crippen LogP contribution in [-0.2, 0) is 0 Å². The summed E-state index contributed by atoms with van der Waals surface area (Å²) in [6.45, 7) is 8.07. The van der Waals surface area contributed by atoms with E-state index in [9.17, 15) is 5.11 Å². The number of aliphatic hydroxyl groups is 1. The van der Waals surface area contributed by atoms with Gasteiger partial charge in [0.2, 0.25) is 0 Å². The maximum atomic E-state index is 9.34. The molecule has 1 atom stereocenters. The molecule has 1 heterocycles. The van der Waals surface area contributed by atoms with Gasteiger partial charge in [-0.05, 0) is 32.4 Å². The first-order chi connectivity index (χ1) is 7.19. The van der Waals surface area contributed by atoms with Crippen molar-refractivity contribution in [2.45, 2.75) is 33.3 Å². The van der Waals surface area contributed by atoms with E-state index in [4.69, 9.17) is 0 Å². The number of hydrogen-bond donors (Lipinski definition) is 1. The molecule has 0 saturated carbocycles. The number of aromatic nitrogens is 1. The summed E-state index contributed by atoms with van der Waals surface area (Å²) in [6.07, 6.45) is 2.48. The van der Waals surface area contributed by atoms with E-state index < -0.39 is 6.10 Å². The molecule has 0 saturated heterocycles. The first-order valence-corrected chi connectivity index (χ1v) is 5.58. The fraction of sp³-hybridized carbons (Fsp3) is 0.583. The summed E-state index contributed by atoms with van der Waals surface area (Å²) in [6, 6.07) is 3.91. The summed E-state index contributed by atoms with van der Waals surface area (Å²) in [4.78, 5) is 6.51. The van der Waals surface area contributed by atoms with Gasteiger partial charge in [-0.2, -0.15) is 0 Å². The van der Waals surface area contributed by atoms with Crippen LogP contribution in [0.1, 0.15) is 39.0 Å². The van der Waals surface area contributed by atoms with Gasteiger partial charge < -0.3 is 10.0 Å². The molecule has 0 aliphatic rings. The first-order valence-electron chi connectivity index (χ1n) is 5.58. The maximum absolute atomic E-state index is 9.34. The van der Waals surface area contributed by atoms with Crippen molar-refractivity contribution in [3.05, 3.63) is 24.0 Å². The maximum Gasteiger partial charge on any atom is 0.0931 e. The summed E-state index contributed by atoms with van der Waals surface area (Å²) in [7, 11) is 0. The average Bonchev–Trinajstić information content (AvgIpc) is 2.26. The van der Waals surface area contributed by atoms with Crippen LogP contribution in [0, 0.1) is 0 Å². The summed E-state index contributed by atoms with van der Waals surface area (Å²) in [5, 5.41) is 9.34. The SMILES string of the molecule is CCCN(CC)c1ccc(C(C)O)nc1. The van der Waals surface area contributed by atoms with E-state index in [1.165, 1.54) is 0 Å². The van der Waals surface area contributed by atoms with Gasteiger partial charge in [0, 0.05) is 13.1 Å². The van der Waals surface area contributed by atoms with Crippen molar-refractivity contribution in [3.8, 4) is 0 Å². The van der Waals surface area contributed by atoms with Crippen molar-refractivity contribution >= 4 is 5.69 Å². The van der Waals surface area contributed by atoms with Gasteiger partial charge in [-0.15, -0.1) is 0 Å².